The number of para-hydroxylation sites is 1. The number of carbonyl (C=O) groups is 1. The topological polar surface area (TPSA) is 59.8 Å². The minimum Gasteiger partial charge on any atom is -0.349 e. The van der Waals surface area contributed by atoms with Gasteiger partial charge in [0, 0.05) is 6.04 Å². The summed E-state index contributed by atoms with van der Waals surface area (Å²) in [6.45, 7) is 4.15. The predicted molar refractivity (Wildman–Crippen MR) is 133 cm³/mol. The van der Waals surface area contributed by atoms with Crippen LogP contribution in [0.1, 0.15) is 48.7 Å². The third-order valence-electron chi connectivity index (χ3n) is 7.63. The van der Waals surface area contributed by atoms with Crippen LogP contribution >= 0.6 is 11.3 Å². The number of thiophene rings is 1. The molecule has 6 heteroatoms. The van der Waals surface area contributed by atoms with Crippen LogP contribution in [-0.2, 0) is 0 Å². The fourth-order valence-corrected chi connectivity index (χ4v) is 6.75. The third-order valence-corrected chi connectivity index (χ3v) is 8.52. The number of nitrogens with one attached hydrogen (secondary N) is 1. The first-order valence-electron chi connectivity index (χ1n) is 11.9. The van der Waals surface area contributed by atoms with Crippen molar-refractivity contribution < 1.29 is 4.79 Å². The van der Waals surface area contributed by atoms with Gasteiger partial charge in [0.15, 0.2) is 5.65 Å². The fraction of sp³-hybridized carbons (Fsp3) is 0.370. The molecule has 2 aliphatic carbocycles. The fourth-order valence-electron chi connectivity index (χ4n) is 6.07. The highest BCUT2D eigenvalue weighted by molar-refractivity contribution is 7.13. The second-order valence-electron chi connectivity index (χ2n) is 9.66. The molecule has 33 heavy (non-hydrogen) atoms. The molecule has 0 saturated heterocycles. The first kappa shape index (κ1) is 20.6. The van der Waals surface area contributed by atoms with E-state index in [-0.39, 0.29) is 11.9 Å². The minimum atomic E-state index is -0.0220. The Morgan fingerprint density at radius 1 is 1.15 bits per heavy atom. The highest BCUT2D eigenvalue weighted by atomic mass is 32.1. The first-order valence-corrected chi connectivity index (χ1v) is 12.8. The minimum absolute atomic E-state index is 0.0220. The molecule has 0 unspecified atom stereocenters. The van der Waals surface area contributed by atoms with Gasteiger partial charge >= 0.3 is 0 Å². The number of benzene rings is 1. The Labute approximate surface area is 197 Å². The van der Waals surface area contributed by atoms with Gasteiger partial charge in [0.2, 0.25) is 0 Å². The lowest BCUT2D eigenvalue weighted by Crippen LogP contribution is -2.40. The number of hydrogen-bond acceptors (Lipinski definition) is 4. The van der Waals surface area contributed by atoms with Gasteiger partial charge in [-0.1, -0.05) is 30.7 Å². The Morgan fingerprint density at radius 3 is 2.70 bits per heavy atom. The van der Waals surface area contributed by atoms with Gasteiger partial charge in [-0.15, -0.1) is 11.3 Å². The highest BCUT2D eigenvalue weighted by Gasteiger charge is 2.42. The van der Waals surface area contributed by atoms with Crippen LogP contribution < -0.4 is 5.32 Å². The van der Waals surface area contributed by atoms with E-state index in [2.05, 4.69) is 18.3 Å². The van der Waals surface area contributed by atoms with Crippen molar-refractivity contribution in [1.29, 1.82) is 0 Å². The summed E-state index contributed by atoms with van der Waals surface area (Å²) in [6, 6.07) is 16.2. The van der Waals surface area contributed by atoms with Crippen molar-refractivity contribution in [2.24, 2.45) is 17.8 Å². The summed E-state index contributed by atoms with van der Waals surface area (Å²) >= 11 is 1.63. The van der Waals surface area contributed by atoms with Crippen molar-refractivity contribution >= 4 is 28.3 Å². The molecule has 1 aromatic carbocycles. The molecule has 5 nitrogen and oxygen atoms in total. The Hall–Kier alpha value is -2.99. The summed E-state index contributed by atoms with van der Waals surface area (Å²) < 4.78 is 1.86. The molecular weight excluding hydrogens is 428 g/mol. The summed E-state index contributed by atoms with van der Waals surface area (Å²) in [5.74, 6) is 2.21. The summed E-state index contributed by atoms with van der Waals surface area (Å²) in [5.41, 5.74) is 3.96. The van der Waals surface area contributed by atoms with Crippen molar-refractivity contribution in [2.75, 3.05) is 0 Å². The quantitative estimate of drug-likeness (QED) is 0.400. The number of amides is 1. The molecule has 6 rings (SSSR count). The number of rotatable bonds is 5. The maximum Gasteiger partial charge on any atom is 0.252 e. The molecule has 4 aromatic rings. The molecule has 4 atom stereocenters. The summed E-state index contributed by atoms with van der Waals surface area (Å²) in [5, 5.41) is 11.0. The van der Waals surface area contributed by atoms with E-state index in [0.29, 0.717) is 11.5 Å². The second-order valence-corrected chi connectivity index (χ2v) is 10.6. The highest BCUT2D eigenvalue weighted by Crippen LogP contribution is 2.49. The van der Waals surface area contributed by atoms with Crippen LogP contribution in [-0.4, -0.2) is 26.7 Å². The Kier molecular flexibility index (Phi) is 5.06. The smallest absolute Gasteiger partial charge is 0.252 e. The number of aromatic nitrogens is 3. The zero-order valence-corrected chi connectivity index (χ0v) is 19.8. The summed E-state index contributed by atoms with van der Waals surface area (Å²) in [4.78, 5) is 19.7. The average molecular weight is 457 g/mol. The Balaban J connectivity index is 1.43. The molecule has 3 aromatic heterocycles. The Morgan fingerprint density at radius 2 is 2.00 bits per heavy atom. The molecule has 2 aliphatic rings. The van der Waals surface area contributed by atoms with Gasteiger partial charge in [-0.3, -0.25) is 4.79 Å². The van der Waals surface area contributed by atoms with Crippen LogP contribution in [0.15, 0.2) is 53.9 Å². The van der Waals surface area contributed by atoms with E-state index >= 15 is 0 Å². The number of nitrogens with zero attached hydrogens (tertiary/aromatic N) is 3. The Bertz CT molecular complexity index is 1310. The molecule has 1 N–H and O–H groups in total. The molecule has 2 saturated carbocycles. The summed E-state index contributed by atoms with van der Waals surface area (Å²) in [6.07, 6.45) is 5.29. The number of fused-ring (bicyclic) bond motifs is 3. The standard InChI is InChI=1S/C27H28N4OS/c1-16(21-14-18-10-11-19(21)13-18)28-27(32)22-15-23(24-9-6-12-33-24)29-26-25(22)17(2)30-31(26)20-7-4-3-5-8-20/h3-9,12,15-16,18-19,21H,10-11,13-14H2,1-2H3,(H,28,32)/t16-,18-,19-,21-/m0/s1. The van der Waals surface area contributed by atoms with Gasteiger partial charge in [0.1, 0.15) is 0 Å². The molecule has 1 amide bonds. The van der Waals surface area contributed by atoms with Crippen molar-refractivity contribution in [3.05, 3.63) is 65.2 Å². The average Bonchev–Trinajstić information content (AvgIpc) is 3.63. The third kappa shape index (κ3) is 3.57. The van der Waals surface area contributed by atoms with Crippen LogP contribution in [0.25, 0.3) is 27.3 Å². The molecule has 3 heterocycles. The lowest BCUT2D eigenvalue weighted by atomic mass is 9.84. The number of carbonyl (C=O) groups excluding carboxylic acids is 1. The lowest BCUT2D eigenvalue weighted by molar-refractivity contribution is 0.0917. The molecule has 0 spiro atoms. The van der Waals surface area contributed by atoms with Gasteiger partial charge in [-0.25, -0.2) is 9.67 Å². The van der Waals surface area contributed by atoms with Gasteiger partial charge in [-0.05, 0) is 80.5 Å². The summed E-state index contributed by atoms with van der Waals surface area (Å²) in [7, 11) is 0. The van der Waals surface area contributed by atoms with Gasteiger partial charge in [-0.2, -0.15) is 5.10 Å². The molecule has 2 fully saturated rings. The van der Waals surface area contributed by atoms with Crippen molar-refractivity contribution in [3.63, 3.8) is 0 Å². The lowest BCUT2D eigenvalue weighted by Gasteiger charge is -2.28. The largest absolute Gasteiger partial charge is 0.349 e. The molecular formula is C27H28N4OS. The molecule has 0 radical (unpaired) electrons. The van der Waals surface area contributed by atoms with Crippen molar-refractivity contribution in [1.82, 2.24) is 20.1 Å². The van der Waals surface area contributed by atoms with Crippen LogP contribution in [0.5, 0.6) is 0 Å². The van der Waals surface area contributed by atoms with Crippen molar-refractivity contribution in [2.45, 2.75) is 45.6 Å². The number of hydrogen-bond donors (Lipinski definition) is 1. The van der Waals surface area contributed by atoms with E-state index in [9.17, 15) is 4.79 Å². The number of aryl methyl sites for hydroxylation is 1. The van der Waals surface area contributed by atoms with E-state index in [1.54, 1.807) is 11.3 Å². The number of pyridine rings is 1. The molecule has 2 bridgehead atoms. The van der Waals surface area contributed by atoms with Crippen LogP contribution in [0, 0.1) is 24.7 Å². The van der Waals surface area contributed by atoms with Crippen LogP contribution in [0.2, 0.25) is 0 Å². The zero-order chi connectivity index (χ0) is 22.5. The SMILES string of the molecule is Cc1nn(-c2ccccc2)c2nc(-c3cccs3)cc(C(=O)N[C@@H](C)[C@@H]3C[C@H]4CC[C@H]3C4)c12. The first-order chi connectivity index (χ1) is 16.1. The second kappa shape index (κ2) is 8.10. The monoisotopic (exact) mass is 456 g/mol. The van der Waals surface area contributed by atoms with Crippen molar-refractivity contribution in [3.8, 4) is 16.3 Å². The van der Waals surface area contributed by atoms with Crippen LogP contribution in [0.3, 0.4) is 0 Å². The maximum absolute atomic E-state index is 13.7. The van der Waals surface area contributed by atoms with E-state index in [1.807, 2.05) is 59.5 Å². The van der Waals surface area contributed by atoms with E-state index in [4.69, 9.17) is 10.1 Å². The molecule has 168 valence electrons. The van der Waals surface area contributed by atoms with E-state index in [0.717, 1.165) is 44.8 Å². The zero-order valence-electron chi connectivity index (χ0n) is 19.0. The normalized spacial score (nSPS) is 22.7. The maximum atomic E-state index is 13.7. The van der Waals surface area contributed by atoms with Gasteiger partial charge in [0.05, 0.1) is 32.9 Å². The van der Waals surface area contributed by atoms with Gasteiger partial charge < -0.3 is 5.32 Å². The van der Waals surface area contributed by atoms with Crippen LogP contribution in [0.4, 0.5) is 0 Å². The van der Waals surface area contributed by atoms with E-state index < -0.39 is 0 Å². The predicted octanol–water partition coefficient (Wildman–Crippen LogP) is 6.01. The van der Waals surface area contributed by atoms with E-state index in [1.165, 1.54) is 25.7 Å². The van der Waals surface area contributed by atoms with Gasteiger partial charge in [0.25, 0.3) is 5.91 Å². The molecule has 0 aliphatic heterocycles.